The topological polar surface area (TPSA) is 26.3 Å². The van der Waals surface area contributed by atoms with Gasteiger partial charge in [0.15, 0.2) is 0 Å². The van der Waals surface area contributed by atoms with E-state index in [9.17, 15) is 0 Å². The van der Waals surface area contributed by atoms with Crippen molar-refractivity contribution < 1.29 is 8.83 Å². The van der Waals surface area contributed by atoms with Crippen molar-refractivity contribution in [2.75, 3.05) is 0 Å². The number of hydrogen-bond donors (Lipinski definition) is 0. The van der Waals surface area contributed by atoms with Crippen LogP contribution in [0.25, 0.3) is 45.1 Å². The maximum absolute atomic E-state index is 6.35. The van der Waals surface area contributed by atoms with Crippen LogP contribution in [0.15, 0.2) is 117 Å². The number of hydrogen-bond acceptors (Lipinski definition) is 2. The molecule has 3 heteroatoms. The minimum Gasteiger partial charge on any atom is -0.464 e. The molecule has 5 aromatic rings. The summed E-state index contributed by atoms with van der Waals surface area (Å²) in [4.78, 5) is 0. The van der Waals surface area contributed by atoms with Crippen molar-refractivity contribution >= 4 is 15.9 Å². The molecule has 29 heavy (non-hydrogen) atoms. The lowest BCUT2D eigenvalue weighted by atomic mass is 10.00. The molecule has 0 spiro atoms. The van der Waals surface area contributed by atoms with Gasteiger partial charge in [0.1, 0.15) is 17.3 Å². The molecular weight excluding hydrogens is 424 g/mol. The molecule has 0 atom stereocenters. The van der Waals surface area contributed by atoms with Crippen molar-refractivity contribution in [3.05, 3.63) is 108 Å². The van der Waals surface area contributed by atoms with Crippen molar-refractivity contribution in [1.82, 2.24) is 0 Å². The van der Waals surface area contributed by atoms with Gasteiger partial charge in [-0.1, -0.05) is 88.7 Å². The monoisotopic (exact) mass is 440 g/mol. The summed E-state index contributed by atoms with van der Waals surface area (Å²) in [5, 5.41) is 0. The number of halogens is 1. The van der Waals surface area contributed by atoms with E-state index in [0.29, 0.717) is 0 Å². The first kappa shape index (κ1) is 17.8. The zero-order chi connectivity index (χ0) is 19.6. The van der Waals surface area contributed by atoms with Crippen LogP contribution in [0, 0.1) is 0 Å². The molecule has 0 aliphatic heterocycles. The van der Waals surface area contributed by atoms with Gasteiger partial charge in [-0.25, -0.2) is 0 Å². The van der Waals surface area contributed by atoms with E-state index in [1.165, 1.54) is 0 Å². The Morgan fingerprint density at radius 2 is 1.21 bits per heavy atom. The van der Waals surface area contributed by atoms with E-state index in [1.807, 2.05) is 54.6 Å². The van der Waals surface area contributed by atoms with Crippen LogP contribution < -0.4 is 0 Å². The molecule has 0 fully saturated rings. The molecule has 0 saturated carbocycles. The Kier molecular flexibility index (Phi) is 4.66. The Labute approximate surface area is 177 Å². The van der Waals surface area contributed by atoms with Crippen LogP contribution in [0.2, 0.25) is 0 Å². The van der Waals surface area contributed by atoms with Gasteiger partial charge in [0.05, 0.1) is 11.8 Å². The molecule has 5 rings (SSSR count). The Morgan fingerprint density at radius 3 is 1.90 bits per heavy atom. The SMILES string of the molecule is Brc1ccc(-c2ccoc2-c2cc(-c3ccccc3)oc2-c2ccccc2)cc1. The Morgan fingerprint density at radius 1 is 0.552 bits per heavy atom. The third-order valence-electron chi connectivity index (χ3n) is 4.89. The third-order valence-corrected chi connectivity index (χ3v) is 5.42. The van der Waals surface area contributed by atoms with Gasteiger partial charge in [-0.15, -0.1) is 0 Å². The van der Waals surface area contributed by atoms with Crippen molar-refractivity contribution in [2.24, 2.45) is 0 Å². The maximum Gasteiger partial charge on any atom is 0.145 e. The van der Waals surface area contributed by atoms with Crippen LogP contribution >= 0.6 is 15.9 Å². The molecule has 0 aliphatic rings. The summed E-state index contributed by atoms with van der Waals surface area (Å²) in [7, 11) is 0. The van der Waals surface area contributed by atoms with Gasteiger partial charge in [0.25, 0.3) is 0 Å². The average molecular weight is 441 g/mol. The van der Waals surface area contributed by atoms with Crippen molar-refractivity contribution in [2.45, 2.75) is 0 Å². The quantitative estimate of drug-likeness (QED) is 0.280. The Bertz CT molecular complexity index is 1230. The lowest BCUT2D eigenvalue weighted by Crippen LogP contribution is -1.82. The molecule has 0 N–H and O–H groups in total. The first-order chi connectivity index (χ1) is 14.3. The second-order valence-electron chi connectivity index (χ2n) is 6.76. The van der Waals surface area contributed by atoms with Crippen LogP contribution in [0.5, 0.6) is 0 Å². The fraction of sp³-hybridized carbons (Fsp3) is 0. The fourth-order valence-electron chi connectivity index (χ4n) is 3.48. The fourth-order valence-corrected chi connectivity index (χ4v) is 3.75. The normalized spacial score (nSPS) is 10.9. The van der Waals surface area contributed by atoms with Gasteiger partial charge in [0.2, 0.25) is 0 Å². The van der Waals surface area contributed by atoms with Gasteiger partial charge in [0, 0.05) is 21.2 Å². The standard InChI is InChI=1S/C26H17BrO2/c27-21-13-11-18(12-14-21)22-15-16-28-26(22)23-17-24(19-7-3-1-4-8-19)29-25(23)20-9-5-2-6-10-20/h1-17H. The first-order valence-corrected chi connectivity index (χ1v) is 10.2. The van der Waals surface area contributed by atoms with E-state index in [4.69, 9.17) is 8.83 Å². The van der Waals surface area contributed by atoms with Crippen LogP contribution in [-0.2, 0) is 0 Å². The van der Waals surface area contributed by atoms with Crippen LogP contribution in [-0.4, -0.2) is 0 Å². The molecule has 0 unspecified atom stereocenters. The van der Waals surface area contributed by atoms with Gasteiger partial charge < -0.3 is 8.83 Å². The first-order valence-electron chi connectivity index (χ1n) is 9.38. The molecule has 2 aromatic heterocycles. The minimum atomic E-state index is 0.803. The van der Waals surface area contributed by atoms with E-state index >= 15 is 0 Å². The second-order valence-corrected chi connectivity index (χ2v) is 7.67. The number of benzene rings is 3. The van der Waals surface area contributed by atoms with Crippen molar-refractivity contribution in [1.29, 1.82) is 0 Å². The Hall–Kier alpha value is -3.30. The third kappa shape index (κ3) is 3.45. The van der Waals surface area contributed by atoms with E-state index in [1.54, 1.807) is 6.26 Å². The second kappa shape index (κ2) is 7.61. The summed E-state index contributed by atoms with van der Waals surface area (Å²) in [6, 6.07) is 32.6. The highest BCUT2D eigenvalue weighted by molar-refractivity contribution is 9.10. The summed E-state index contributed by atoms with van der Waals surface area (Å²) in [5.41, 5.74) is 5.13. The summed E-state index contributed by atoms with van der Waals surface area (Å²) >= 11 is 3.51. The molecule has 2 nitrogen and oxygen atoms in total. The summed E-state index contributed by atoms with van der Waals surface area (Å²) in [5.74, 6) is 2.42. The van der Waals surface area contributed by atoms with E-state index in [0.717, 1.165) is 49.6 Å². The summed E-state index contributed by atoms with van der Waals surface area (Å²) in [6.45, 7) is 0. The molecule has 0 radical (unpaired) electrons. The molecule has 0 saturated heterocycles. The lowest BCUT2D eigenvalue weighted by molar-refractivity contribution is 0.576. The minimum absolute atomic E-state index is 0.803. The van der Waals surface area contributed by atoms with E-state index in [2.05, 4.69) is 58.4 Å². The highest BCUT2D eigenvalue weighted by Crippen LogP contribution is 2.43. The molecule has 0 amide bonds. The summed E-state index contributed by atoms with van der Waals surface area (Å²) < 4.78 is 13.4. The maximum atomic E-state index is 6.35. The molecule has 140 valence electrons. The predicted octanol–water partition coefficient (Wildman–Crippen LogP) is 8.30. The molecule has 3 aromatic carbocycles. The van der Waals surface area contributed by atoms with Crippen LogP contribution in [0.1, 0.15) is 0 Å². The van der Waals surface area contributed by atoms with Gasteiger partial charge in [-0.2, -0.15) is 0 Å². The van der Waals surface area contributed by atoms with Crippen molar-refractivity contribution in [3.63, 3.8) is 0 Å². The predicted molar refractivity (Wildman–Crippen MR) is 120 cm³/mol. The van der Waals surface area contributed by atoms with Gasteiger partial charge in [-0.05, 0) is 29.8 Å². The van der Waals surface area contributed by atoms with Crippen molar-refractivity contribution in [3.8, 4) is 45.1 Å². The highest BCUT2D eigenvalue weighted by atomic mass is 79.9. The number of furan rings is 2. The van der Waals surface area contributed by atoms with Crippen LogP contribution in [0.4, 0.5) is 0 Å². The van der Waals surface area contributed by atoms with E-state index < -0.39 is 0 Å². The number of rotatable bonds is 4. The van der Waals surface area contributed by atoms with Gasteiger partial charge in [-0.3, -0.25) is 0 Å². The largest absolute Gasteiger partial charge is 0.464 e. The van der Waals surface area contributed by atoms with Gasteiger partial charge >= 0.3 is 0 Å². The molecule has 0 bridgehead atoms. The zero-order valence-electron chi connectivity index (χ0n) is 15.5. The lowest BCUT2D eigenvalue weighted by Gasteiger charge is -2.04. The summed E-state index contributed by atoms with van der Waals surface area (Å²) in [6.07, 6.45) is 1.73. The molecule has 2 heterocycles. The van der Waals surface area contributed by atoms with Crippen LogP contribution in [0.3, 0.4) is 0 Å². The molecular formula is C26H17BrO2. The Balaban J connectivity index is 1.70. The zero-order valence-corrected chi connectivity index (χ0v) is 17.1. The average Bonchev–Trinajstić information content (AvgIpc) is 3.43. The highest BCUT2D eigenvalue weighted by Gasteiger charge is 2.21. The smallest absolute Gasteiger partial charge is 0.145 e. The van der Waals surface area contributed by atoms with E-state index in [-0.39, 0.29) is 0 Å². The molecule has 0 aliphatic carbocycles.